The van der Waals surface area contributed by atoms with Gasteiger partial charge in [0, 0.05) is 7.14 Å². The maximum Gasteiger partial charge on any atom is 0.342 e. The summed E-state index contributed by atoms with van der Waals surface area (Å²) in [7, 11) is 2.89. The summed E-state index contributed by atoms with van der Waals surface area (Å²) >= 11 is 4.27. The zero-order chi connectivity index (χ0) is 10.7. The lowest BCUT2D eigenvalue weighted by Gasteiger charge is -2.09. The Kier molecular flexibility index (Phi) is 4.42. The molecule has 0 aromatic heterocycles. The lowest BCUT2D eigenvalue weighted by Crippen LogP contribution is -2.07. The monoisotopic (exact) mass is 418 g/mol. The van der Waals surface area contributed by atoms with Crippen LogP contribution in [0.25, 0.3) is 0 Å². The molecule has 0 fully saturated rings. The normalized spacial score (nSPS) is 9.71. The van der Waals surface area contributed by atoms with E-state index in [1.54, 1.807) is 6.07 Å². The van der Waals surface area contributed by atoms with Crippen molar-refractivity contribution in [2.45, 2.75) is 0 Å². The summed E-state index contributed by atoms with van der Waals surface area (Å²) in [6, 6.07) is 3.66. The van der Waals surface area contributed by atoms with Crippen LogP contribution in [0.15, 0.2) is 12.1 Å². The summed E-state index contributed by atoms with van der Waals surface area (Å²) < 4.78 is 11.6. The van der Waals surface area contributed by atoms with Crippen LogP contribution in [0.2, 0.25) is 0 Å². The van der Waals surface area contributed by atoms with E-state index in [-0.39, 0.29) is 5.97 Å². The molecular weight excluding hydrogens is 410 g/mol. The van der Waals surface area contributed by atoms with Crippen LogP contribution in [0, 0.1) is 7.14 Å². The minimum atomic E-state index is -0.371. The van der Waals surface area contributed by atoms with Crippen LogP contribution in [0.3, 0.4) is 0 Å². The average Bonchev–Trinajstić information content (AvgIpc) is 2.20. The van der Waals surface area contributed by atoms with Crippen LogP contribution in [-0.2, 0) is 4.74 Å². The summed E-state index contributed by atoms with van der Waals surface area (Å²) in [4.78, 5) is 11.5. The fourth-order valence-corrected chi connectivity index (χ4v) is 2.11. The van der Waals surface area contributed by atoms with Gasteiger partial charge >= 0.3 is 5.97 Å². The third kappa shape index (κ3) is 2.30. The highest BCUT2D eigenvalue weighted by molar-refractivity contribution is 14.1. The Hall–Kier alpha value is -0.0500. The van der Waals surface area contributed by atoms with Crippen LogP contribution < -0.4 is 4.74 Å². The van der Waals surface area contributed by atoms with E-state index in [9.17, 15) is 4.79 Å². The molecule has 0 aliphatic heterocycles. The quantitative estimate of drug-likeness (QED) is 0.548. The number of halogens is 2. The number of rotatable bonds is 2. The smallest absolute Gasteiger partial charge is 0.342 e. The molecule has 0 amide bonds. The predicted molar refractivity (Wildman–Crippen MR) is 69.8 cm³/mol. The van der Waals surface area contributed by atoms with Gasteiger partial charge in [0.15, 0.2) is 0 Å². The number of hydrogen-bond acceptors (Lipinski definition) is 3. The third-order valence-corrected chi connectivity index (χ3v) is 4.72. The fourth-order valence-electron chi connectivity index (χ4n) is 0.995. The molecule has 0 radical (unpaired) electrons. The van der Waals surface area contributed by atoms with E-state index in [0.717, 1.165) is 7.14 Å². The summed E-state index contributed by atoms with van der Waals surface area (Å²) in [5.74, 6) is 0.173. The van der Waals surface area contributed by atoms with E-state index in [4.69, 9.17) is 4.74 Å². The zero-order valence-corrected chi connectivity index (χ0v) is 12.0. The van der Waals surface area contributed by atoms with Gasteiger partial charge in [-0.1, -0.05) is 0 Å². The summed E-state index contributed by atoms with van der Waals surface area (Å²) in [6.45, 7) is 0. The molecule has 0 saturated carbocycles. The topological polar surface area (TPSA) is 35.5 Å². The van der Waals surface area contributed by atoms with Crippen LogP contribution in [0.1, 0.15) is 10.4 Å². The SMILES string of the molecule is COC(=O)c1c(OC)ccc(I)c1I. The van der Waals surface area contributed by atoms with Crippen LogP contribution in [0.4, 0.5) is 0 Å². The Bertz CT molecular complexity index is 363. The Balaban J connectivity index is 3.35. The Morgan fingerprint density at radius 1 is 1.29 bits per heavy atom. The van der Waals surface area contributed by atoms with Gasteiger partial charge in [0.1, 0.15) is 11.3 Å². The first kappa shape index (κ1) is 12.0. The molecule has 0 aliphatic rings. The summed E-state index contributed by atoms with van der Waals surface area (Å²) in [6.07, 6.45) is 0. The van der Waals surface area contributed by atoms with Crippen molar-refractivity contribution in [3.8, 4) is 5.75 Å². The molecule has 0 bridgehead atoms. The molecule has 0 spiro atoms. The van der Waals surface area contributed by atoms with Gasteiger partial charge in [0.2, 0.25) is 0 Å². The maximum absolute atomic E-state index is 11.5. The molecule has 14 heavy (non-hydrogen) atoms. The van der Waals surface area contributed by atoms with E-state index in [1.807, 2.05) is 6.07 Å². The largest absolute Gasteiger partial charge is 0.496 e. The Labute approximate surface area is 109 Å². The van der Waals surface area contributed by atoms with Crippen LogP contribution in [-0.4, -0.2) is 20.2 Å². The summed E-state index contributed by atoms with van der Waals surface area (Å²) in [5, 5.41) is 0. The molecule has 1 rings (SSSR count). The molecule has 5 heteroatoms. The molecule has 0 saturated heterocycles. The van der Waals surface area contributed by atoms with E-state index in [1.165, 1.54) is 14.2 Å². The molecule has 76 valence electrons. The van der Waals surface area contributed by atoms with E-state index < -0.39 is 0 Å². The number of hydrogen-bond donors (Lipinski definition) is 0. The van der Waals surface area contributed by atoms with Gasteiger partial charge < -0.3 is 9.47 Å². The second-order valence-corrected chi connectivity index (χ2v) is 4.67. The van der Waals surface area contributed by atoms with Crippen molar-refractivity contribution in [2.24, 2.45) is 0 Å². The van der Waals surface area contributed by atoms with Crippen LogP contribution in [0.5, 0.6) is 5.75 Å². The Morgan fingerprint density at radius 3 is 2.43 bits per heavy atom. The molecule has 0 heterocycles. The first-order valence-electron chi connectivity index (χ1n) is 3.72. The number of carbonyl (C=O) groups excluding carboxylic acids is 1. The molecule has 0 atom stereocenters. The first-order chi connectivity index (χ1) is 6.61. The van der Waals surface area contributed by atoms with Crippen molar-refractivity contribution in [3.05, 3.63) is 24.8 Å². The number of carbonyl (C=O) groups is 1. The van der Waals surface area contributed by atoms with Crippen molar-refractivity contribution in [2.75, 3.05) is 14.2 Å². The van der Waals surface area contributed by atoms with Gasteiger partial charge in [-0.25, -0.2) is 4.79 Å². The summed E-state index contributed by atoms with van der Waals surface area (Å²) in [5.41, 5.74) is 0.488. The van der Waals surface area contributed by atoms with E-state index in [0.29, 0.717) is 11.3 Å². The number of ether oxygens (including phenoxy) is 2. The first-order valence-corrected chi connectivity index (χ1v) is 5.88. The zero-order valence-electron chi connectivity index (χ0n) is 7.64. The molecule has 0 aliphatic carbocycles. The predicted octanol–water partition coefficient (Wildman–Crippen LogP) is 2.69. The van der Waals surface area contributed by atoms with Crippen LogP contribution >= 0.6 is 45.2 Å². The van der Waals surface area contributed by atoms with Crippen molar-refractivity contribution in [1.29, 1.82) is 0 Å². The molecule has 1 aromatic rings. The molecular formula is C9H8I2O3. The number of esters is 1. The van der Waals surface area contributed by atoms with Gasteiger partial charge in [-0.2, -0.15) is 0 Å². The minimum Gasteiger partial charge on any atom is -0.496 e. The van der Waals surface area contributed by atoms with Crippen molar-refractivity contribution in [3.63, 3.8) is 0 Å². The van der Waals surface area contributed by atoms with E-state index >= 15 is 0 Å². The molecule has 3 nitrogen and oxygen atoms in total. The second kappa shape index (κ2) is 5.15. The third-order valence-electron chi connectivity index (χ3n) is 1.67. The highest BCUT2D eigenvalue weighted by Gasteiger charge is 2.18. The highest BCUT2D eigenvalue weighted by Crippen LogP contribution is 2.28. The number of methoxy groups -OCH3 is 2. The van der Waals surface area contributed by atoms with Gasteiger partial charge in [-0.3, -0.25) is 0 Å². The fraction of sp³-hybridized carbons (Fsp3) is 0.222. The maximum atomic E-state index is 11.5. The van der Waals surface area contributed by atoms with E-state index in [2.05, 4.69) is 49.9 Å². The number of benzene rings is 1. The van der Waals surface area contributed by atoms with Crippen molar-refractivity contribution in [1.82, 2.24) is 0 Å². The van der Waals surface area contributed by atoms with Crippen molar-refractivity contribution >= 4 is 51.2 Å². The molecule has 1 aromatic carbocycles. The van der Waals surface area contributed by atoms with Gasteiger partial charge in [0.05, 0.1) is 14.2 Å². The van der Waals surface area contributed by atoms with Gasteiger partial charge in [-0.05, 0) is 57.3 Å². The lowest BCUT2D eigenvalue weighted by molar-refractivity contribution is 0.0595. The van der Waals surface area contributed by atoms with Crippen molar-refractivity contribution < 1.29 is 14.3 Å². The minimum absolute atomic E-state index is 0.371. The Morgan fingerprint density at radius 2 is 1.93 bits per heavy atom. The van der Waals surface area contributed by atoms with Gasteiger partial charge in [0.25, 0.3) is 0 Å². The average molecular weight is 418 g/mol. The molecule has 0 unspecified atom stereocenters. The second-order valence-electron chi connectivity index (χ2n) is 2.43. The standard InChI is InChI=1S/C9H8I2O3/c1-13-6-4-3-5(10)8(11)7(6)9(12)14-2/h3-4H,1-2H3. The highest BCUT2D eigenvalue weighted by atomic mass is 127. The molecule has 0 N–H and O–H groups in total. The van der Waals surface area contributed by atoms with Gasteiger partial charge in [-0.15, -0.1) is 0 Å². The lowest BCUT2D eigenvalue weighted by atomic mass is 10.2.